The monoisotopic (exact) mass is 225 g/mol. The standard InChI is InChI=1S/C9H8BrNO/c10-8-4-9-6(1-2-11-9)3-7(8)5-12/h1-4,11-12H,5H2. The van der Waals surface area contributed by atoms with Crippen molar-refractivity contribution in [1.29, 1.82) is 0 Å². The summed E-state index contributed by atoms with van der Waals surface area (Å²) in [5, 5.41) is 10.1. The van der Waals surface area contributed by atoms with Gasteiger partial charge in [0.15, 0.2) is 0 Å². The molecule has 2 nitrogen and oxygen atoms in total. The van der Waals surface area contributed by atoms with Gasteiger partial charge in [-0.15, -0.1) is 0 Å². The number of hydrogen-bond acceptors (Lipinski definition) is 1. The number of aromatic amines is 1. The van der Waals surface area contributed by atoms with E-state index in [-0.39, 0.29) is 6.61 Å². The molecule has 0 unspecified atom stereocenters. The minimum Gasteiger partial charge on any atom is -0.392 e. The van der Waals surface area contributed by atoms with Gasteiger partial charge in [-0.05, 0) is 29.1 Å². The van der Waals surface area contributed by atoms with Crippen LogP contribution in [-0.2, 0) is 6.61 Å². The Labute approximate surface area is 78.3 Å². The number of H-pyrrole nitrogens is 1. The summed E-state index contributed by atoms with van der Waals surface area (Å²) in [6, 6.07) is 5.93. The molecule has 2 N–H and O–H groups in total. The highest BCUT2D eigenvalue weighted by Gasteiger charge is 2.01. The molecule has 0 aliphatic heterocycles. The van der Waals surface area contributed by atoms with E-state index in [0.29, 0.717) is 0 Å². The van der Waals surface area contributed by atoms with Crippen LogP contribution >= 0.6 is 15.9 Å². The Hall–Kier alpha value is -0.800. The van der Waals surface area contributed by atoms with Crippen molar-refractivity contribution in [2.24, 2.45) is 0 Å². The molecule has 0 amide bonds. The number of aliphatic hydroxyl groups excluding tert-OH is 1. The molecule has 0 fully saturated rings. The van der Waals surface area contributed by atoms with E-state index in [4.69, 9.17) is 5.11 Å². The molecule has 0 radical (unpaired) electrons. The maximum Gasteiger partial charge on any atom is 0.0693 e. The van der Waals surface area contributed by atoms with Gasteiger partial charge in [0.25, 0.3) is 0 Å². The minimum absolute atomic E-state index is 0.0711. The van der Waals surface area contributed by atoms with E-state index in [1.165, 1.54) is 0 Å². The predicted molar refractivity (Wildman–Crippen MR) is 51.9 cm³/mol. The summed E-state index contributed by atoms with van der Waals surface area (Å²) in [5.41, 5.74) is 2.00. The first-order chi connectivity index (χ1) is 5.81. The lowest BCUT2D eigenvalue weighted by Crippen LogP contribution is -1.84. The van der Waals surface area contributed by atoms with Crippen LogP contribution in [-0.4, -0.2) is 10.1 Å². The summed E-state index contributed by atoms with van der Waals surface area (Å²) in [4.78, 5) is 3.10. The van der Waals surface area contributed by atoms with Gasteiger partial charge in [-0.3, -0.25) is 0 Å². The van der Waals surface area contributed by atoms with Gasteiger partial charge in [0.1, 0.15) is 0 Å². The van der Waals surface area contributed by atoms with Gasteiger partial charge in [-0.2, -0.15) is 0 Å². The van der Waals surface area contributed by atoms with Crippen LogP contribution < -0.4 is 0 Å². The molecule has 1 aromatic heterocycles. The fourth-order valence-electron chi connectivity index (χ4n) is 1.24. The number of aliphatic hydroxyl groups is 1. The van der Waals surface area contributed by atoms with E-state index in [2.05, 4.69) is 20.9 Å². The summed E-state index contributed by atoms with van der Waals surface area (Å²) >= 11 is 3.38. The third-order valence-corrected chi connectivity index (χ3v) is 2.63. The number of halogens is 1. The second-order valence-corrected chi connectivity index (χ2v) is 3.52. The van der Waals surface area contributed by atoms with Crippen LogP contribution in [0, 0.1) is 0 Å². The Morgan fingerprint density at radius 1 is 1.42 bits per heavy atom. The van der Waals surface area contributed by atoms with Crippen LogP contribution in [0.15, 0.2) is 28.9 Å². The molecular weight excluding hydrogens is 218 g/mol. The fourth-order valence-corrected chi connectivity index (χ4v) is 1.71. The average molecular weight is 226 g/mol. The van der Waals surface area contributed by atoms with Crippen molar-refractivity contribution in [3.05, 3.63) is 34.4 Å². The number of aromatic nitrogens is 1. The summed E-state index contributed by atoms with van der Waals surface area (Å²) in [7, 11) is 0. The zero-order chi connectivity index (χ0) is 8.55. The molecule has 12 heavy (non-hydrogen) atoms. The van der Waals surface area contributed by atoms with Crippen molar-refractivity contribution in [3.8, 4) is 0 Å². The van der Waals surface area contributed by atoms with Crippen molar-refractivity contribution in [2.45, 2.75) is 6.61 Å². The highest BCUT2D eigenvalue weighted by Crippen LogP contribution is 2.23. The van der Waals surface area contributed by atoms with E-state index in [0.717, 1.165) is 20.9 Å². The zero-order valence-electron chi connectivity index (χ0n) is 6.34. The van der Waals surface area contributed by atoms with Crippen molar-refractivity contribution in [1.82, 2.24) is 4.98 Å². The molecule has 0 bridgehead atoms. The Balaban J connectivity index is 2.73. The lowest BCUT2D eigenvalue weighted by molar-refractivity contribution is 0.281. The third kappa shape index (κ3) is 1.15. The van der Waals surface area contributed by atoms with Crippen LogP contribution in [0.4, 0.5) is 0 Å². The summed E-state index contributed by atoms with van der Waals surface area (Å²) in [6.45, 7) is 0.0711. The van der Waals surface area contributed by atoms with Gasteiger partial charge in [-0.25, -0.2) is 0 Å². The Morgan fingerprint density at radius 2 is 2.25 bits per heavy atom. The SMILES string of the molecule is OCc1cc2cc[nH]c2cc1Br. The highest BCUT2D eigenvalue weighted by atomic mass is 79.9. The first-order valence-corrected chi connectivity index (χ1v) is 4.47. The quantitative estimate of drug-likeness (QED) is 0.769. The highest BCUT2D eigenvalue weighted by molar-refractivity contribution is 9.10. The van der Waals surface area contributed by atoms with E-state index < -0.39 is 0 Å². The summed E-state index contributed by atoms with van der Waals surface area (Å²) in [6.07, 6.45) is 1.89. The van der Waals surface area contributed by atoms with Gasteiger partial charge in [0, 0.05) is 16.2 Å². The lowest BCUT2D eigenvalue weighted by Gasteiger charge is -1.99. The average Bonchev–Trinajstić information content (AvgIpc) is 2.49. The molecule has 0 spiro atoms. The largest absolute Gasteiger partial charge is 0.392 e. The van der Waals surface area contributed by atoms with Crippen LogP contribution in [0.3, 0.4) is 0 Å². The minimum atomic E-state index is 0.0711. The number of nitrogens with one attached hydrogen (secondary N) is 1. The third-order valence-electron chi connectivity index (χ3n) is 1.89. The van der Waals surface area contributed by atoms with Crippen LogP contribution in [0.2, 0.25) is 0 Å². The summed E-state index contributed by atoms with van der Waals surface area (Å²) < 4.78 is 0.944. The van der Waals surface area contributed by atoms with Crippen LogP contribution in [0.5, 0.6) is 0 Å². The molecule has 2 rings (SSSR count). The molecule has 3 heteroatoms. The molecule has 1 heterocycles. The van der Waals surface area contributed by atoms with E-state index in [1.807, 2.05) is 24.4 Å². The Kier molecular flexibility index (Phi) is 1.90. The van der Waals surface area contributed by atoms with Gasteiger partial charge in [0.2, 0.25) is 0 Å². The molecule has 1 aromatic carbocycles. The second kappa shape index (κ2) is 2.92. The molecular formula is C9H8BrNO. The maximum absolute atomic E-state index is 8.98. The lowest BCUT2D eigenvalue weighted by atomic mass is 10.2. The normalized spacial score (nSPS) is 10.8. The second-order valence-electron chi connectivity index (χ2n) is 2.67. The zero-order valence-corrected chi connectivity index (χ0v) is 7.93. The predicted octanol–water partition coefficient (Wildman–Crippen LogP) is 2.42. The number of fused-ring (bicyclic) bond motifs is 1. The van der Waals surface area contributed by atoms with Crippen molar-refractivity contribution >= 4 is 26.8 Å². The fraction of sp³-hybridized carbons (Fsp3) is 0.111. The topological polar surface area (TPSA) is 36.0 Å². The number of hydrogen-bond donors (Lipinski definition) is 2. The first-order valence-electron chi connectivity index (χ1n) is 3.67. The van der Waals surface area contributed by atoms with Crippen molar-refractivity contribution < 1.29 is 5.11 Å². The molecule has 62 valence electrons. The van der Waals surface area contributed by atoms with E-state index in [9.17, 15) is 0 Å². The Bertz CT molecular complexity index is 408. The summed E-state index contributed by atoms with van der Waals surface area (Å²) in [5.74, 6) is 0. The molecule has 0 aliphatic rings. The van der Waals surface area contributed by atoms with Crippen molar-refractivity contribution in [3.63, 3.8) is 0 Å². The van der Waals surface area contributed by atoms with Gasteiger partial charge < -0.3 is 10.1 Å². The first kappa shape index (κ1) is 7.83. The van der Waals surface area contributed by atoms with Gasteiger partial charge in [0.05, 0.1) is 6.61 Å². The van der Waals surface area contributed by atoms with Crippen LogP contribution in [0.1, 0.15) is 5.56 Å². The molecule has 2 aromatic rings. The van der Waals surface area contributed by atoms with Gasteiger partial charge >= 0.3 is 0 Å². The Morgan fingerprint density at radius 3 is 3.00 bits per heavy atom. The molecule has 0 saturated carbocycles. The maximum atomic E-state index is 8.98. The molecule has 0 saturated heterocycles. The van der Waals surface area contributed by atoms with Crippen molar-refractivity contribution in [2.75, 3.05) is 0 Å². The smallest absolute Gasteiger partial charge is 0.0693 e. The van der Waals surface area contributed by atoms with E-state index >= 15 is 0 Å². The molecule has 0 atom stereocenters. The molecule has 0 aliphatic carbocycles. The van der Waals surface area contributed by atoms with Crippen LogP contribution in [0.25, 0.3) is 10.9 Å². The van der Waals surface area contributed by atoms with E-state index in [1.54, 1.807) is 0 Å². The number of benzene rings is 1. The number of rotatable bonds is 1. The van der Waals surface area contributed by atoms with Gasteiger partial charge in [-0.1, -0.05) is 15.9 Å².